The maximum atomic E-state index is 11.6. The molecule has 0 heterocycles. The summed E-state index contributed by atoms with van der Waals surface area (Å²) in [6.45, 7) is 3.57. The standard InChI is InChI=1S/C12H16N2O3/c1-8(2)14-11(16)7-13-12(17)9-5-3-4-6-10(9)15/h3-6,8,15H,7H2,1-2H3,(H,13,17)(H,14,16). The van der Waals surface area contributed by atoms with Gasteiger partial charge < -0.3 is 15.7 Å². The van der Waals surface area contributed by atoms with Crippen LogP contribution in [0, 0.1) is 0 Å². The summed E-state index contributed by atoms with van der Waals surface area (Å²) in [4.78, 5) is 22.9. The van der Waals surface area contributed by atoms with E-state index in [-0.39, 0.29) is 29.8 Å². The summed E-state index contributed by atoms with van der Waals surface area (Å²) >= 11 is 0. The van der Waals surface area contributed by atoms with Crippen LogP contribution in [0.5, 0.6) is 5.75 Å². The Labute approximate surface area is 99.8 Å². The van der Waals surface area contributed by atoms with Gasteiger partial charge in [-0.3, -0.25) is 9.59 Å². The van der Waals surface area contributed by atoms with Gasteiger partial charge >= 0.3 is 0 Å². The van der Waals surface area contributed by atoms with Crippen molar-refractivity contribution >= 4 is 11.8 Å². The molecule has 0 atom stereocenters. The minimum absolute atomic E-state index is 0.0320. The summed E-state index contributed by atoms with van der Waals surface area (Å²) in [6.07, 6.45) is 0. The van der Waals surface area contributed by atoms with Gasteiger partial charge in [-0.1, -0.05) is 12.1 Å². The zero-order valence-corrected chi connectivity index (χ0v) is 9.86. The Morgan fingerprint density at radius 2 is 1.94 bits per heavy atom. The molecule has 5 nitrogen and oxygen atoms in total. The first-order valence-electron chi connectivity index (χ1n) is 5.36. The summed E-state index contributed by atoms with van der Waals surface area (Å²) in [5.41, 5.74) is 0.157. The van der Waals surface area contributed by atoms with Crippen molar-refractivity contribution in [3.8, 4) is 5.75 Å². The molecule has 3 N–H and O–H groups in total. The number of carbonyl (C=O) groups excluding carboxylic acids is 2. The molecule has 0 saturated carbocycles. The number of benzene rings is 1. The largest absolute Gasteiger partial charge is 0.507 e. The number of aromatic hydroxyl groups is 1. The average Bonchev–Trinajstić information content (AvgIpc) is 2.25. The first-order valence-corrected chi connectivity index (χ1v) is 5.36. The van der Waals surface area contributed by atoms with E-state index in [2.05, 4.69) is 10.6 Å². The van der Waals surface area contributed by atoms with Crippen molar-refractivity contribution in [1.29, 1.82) is 0 Å². The molecule has 0 saturated heterocycles. The van der Waals surface area contributed by atoms with E-state index >= 15 is 0 Å². The van der Waals surface area contributed by atoms with Crippen LogP contribution in [0.3, 0.4) is 0 Å². The number of amides is 2. The molecule has 17 heavy (non-hydrogen) atoms. The lowest BCUT2D eigenvalue weighted by Gasteiger charge is -2.09. The van der Waals surface area contributed by atoms with Gasteiger partial charge in [-0.05, 0) is 26.0 Å². The van der Waals surface area contributed by atoms with Crippen LogP contribution >= 0.6 is 0 Å². The Balaban J connectivity index is 2.51. The molecular formula is C12H16N2O3. The second-order valence-corrected chi connectivity index (χ2v) is 3.92. The van der Waals surface area contributed by atoms with Crippen molar-refractivity contribution < 1.29 is 14.7 Å². The van der Waals surface area contributed by atoms with Crippen molar-refractivity contribution in [3.05, 3.63) is 29.8 Å². The third kappa shape index (κ3) is 4.14. The summed E-state index contributed by atoms with van der Waals surface area (Å²) in [7, 11) is 0. The maximum absolute atomic E-state index is 11.6. The lowest BCUT2D eigenvalue weighted by molar-refractivity contribution is -0.120. The lowest BCUT2D eigenvalue weighted by Crippen LogP contribution is -2.39. The second-order valence-electron chi connectivity index (χ2n) is 3.92. The fourth-order valence-corrected chi connectivity index (χ4v) is 1.29. The van der Waals surface area contributed by atoms with Gasteiger partial charge in [0.2, 0.25) is 5.91 Å². The molecule has 0 bridgehead atoms. The van der Waals surface area contributed by atoms with Crippen LogP contribution in [-0.4, -0.2) is 29.5 Å². The number of nitrogens with one attached hydrogen (secondary N) is 2. The minimum atomic E-state index is -0.470. The molecule has 0 aliphatic rings. The predicted molar refractivity (Wildman–Crippen MR) is 63.7 cm³/mol. The first kappa shape index (κ1) is 13.0. The quantitative estimate of drug-likeness (QED) is 0.718. The number of para-hydroxylation sites is 1. The summed E-state index contributed by atoms with van der Waals surface area (Å²) < 4.78 is 0. The zero-order valence-electron chi connectivity index (χ0n) is 9.86. The molecule has 1 aromatic carbocycles. The van der Waals surface area contributed by atoms with E-state index in [4.69, 9.17) is 0 Å². The molecule has 0 radical (unpaired) electrons. The Bertz CT molecular complexity index is 416. The van der Waals surface area contributed by atoms with Crippen molar-refractivity contribution in [2.24, 2.45) is 0 Å². The first-order chi connectivity index (χ1) is 8.00. The van der Waals surface area contributed by atoms with Crippen molar-refractivity contribution in [2.75, 3.05) is 6.54 Å². The highest BCUT2D eigenvalue weighted by Crippen LogP contribution is 2.14. The minimum Gasteiger partial charge on any atom is -0.507 e. The highest BCUT2D eigenvalue weighted by molar-refractivity contribution is 5.98. The molecule has 1 aromatic rings. The predicted octanol–water partition coefficient (Wildman–Crippen LogP) is 0.647. The van der Waals surface area contributed by atoms with E-state index in [9.17, 15) is 14.7 Å². The Kier molecular flexibility index (Phi) is 4.51. The lowest BCUT2D eigenvalue weighted by atomic mass is 10.2. The van der Waals surface area contributed by atoms with Gasteiger partial charge in [-0.2, -0.15) is 0 Å². The van der Waals surface area contributed by atoms with Gasteiger partial charge in [0, 0.05) is 6.04 Å². The molecule has 92 valence electrons. The number of carbonyl (C=O) groups is 2. The van der Waals surface area contributed by atoms with E-state index in [1.54, 1.807) is 12.1 Å². The van der Waals surface area contributed by atoms with E-state index in [1.807, 2.05) is 13.8 Å². The van der Waals surface area contributed by atoms with Crippen molar-refractivity contribution in [3.63, 3.8) is 0 Å². The van der Waals surface area contributed by atoms with Crippen molar-refractivity contribution in [2.45, 2.75) is 19.9 Å². The monoisotopic (exact) mass is 236 g/mol. The third-order valence-corrected chi connectivity index (χ3v) is 2.01. The van der Waals surface area contributed by atoms with E-state index in [1.165, 1.54) is 12.1 Å². The molecule has 5 heteroatoms. The molecule has 0 fully saturated rings. The molecule has 0 aliphatic carbocycles. The Hall–Kier alpha value is -2.04. The van der Waals surface area contributed by atoms with Crippen LogP contribution in [-0.2, 0) is 4.79 Å². The van der Waals surface area contributed by atoms with Gasteiger partial charge in [0.05, 0.1) is 12.1 Å². The van der Waals surface area contributed by atoms with E-state index < -0.39 is 5.91 Å². The molecule has 0 spiro atoms. The fraction of sp³-hybridized carbons (Fsp3) is 0.333. The third-order valence-electron chi connectivity index (χ3n) is 2.01. The SMILES string of the molecule is CC(C)NC(=O)CNC(=O)c1ccccc1O. The van der Waals surface area contributed by atoms with E-state index in [0.717, 1.165) is 0 Å². The van der Waals surface area contributed by atoms with Gasteiger partial charge in [0.25, 0.3) is 5.91 Å². The number of hydrogen-bond acceptors (Lipinski definition) is 3. The van der Waals surface area contributed by atoms with Gasteiger partial charge in [0.15, 0.2) is 0 Å². The van der Waals surface area contributed by atoms with Gasteiger partial charge in [0.1, 0.15) is 5.75 Å². The molecule has 0 aromatic heterocycles. The number of rotatable bonds is 4. The second kappa shape index (κ2) is 5.89. The zero-order chi connectivity index (χ0) is 12.8. The topological polar surface area (TPSA) is 78.4 Å². The van der Waals surface area contributed by atoms with Crippen molar-refractivity contribution in [1.82, 2.24) is 10.6 Å². The van der Waals surface area contributed by atoms with E-state index in [0.29, 0.717) is 0 Å². The number of phenolic OH excluding ortho intramolecular Hbond substituents is 1. The fourth-order valence-electron chi connectivity index (χ4n) is 1.29. The molecule has 0 aliphatic heterocycles. The highest BCUT2D eigenvalue weighted by atomic mass is 16.3. The molecular weight excluding hydrogens is 220 g/mol. The smallest absolute Gasteiger partial charge is 0.255 e. The maximum Gasteiger partial charge on any atom is 0.255 e. The highest BCUT2D eigenvalue weighted by Gasteiger charge is 2.11. The summed E-state index contributed by atoms with van der Waals surface area (Å²) in [5.74, 6) is -0.833. The average molecular weight is 236 g/mol. The van der Waals surface area contributed by atoms with Crippen LogP contribution in [0.25, 0.3) is 0 Å². The molecule has 2 amide bonds. The number of phenols is 1. The summed E-state index contributed by atoms with van der Waals surface area (Å²) in [6, 6.07) is 6.21. The Morgan fingerprint density at radius 1 is 1.29 bits per heavy atom. The van der Waals surface area contributed by atoms with Crippen LogP contribution in [0.4, 0.5) is 0 Å². The van der Waals surface area contributed by atoms with Gasteiger partial charge in [-0.25, -0.2) is 0 Å². The number of hydrogen-bond donors (Lipinski definition) is 3. The van der Waals surface area contributed by atoms with Crippen LogP contribution in [0.15, 0.2) is 24.3 Å². The van der Waals surface area contributed by atoms with Crippen LogP contribution < -0.4 is 10.6 Å². The Morgan fingerprint density at radius 3 is 2.53 bits per heavy atom. The van der Waals surface area contributed by atoms with Crippen LogP contribution in [0.2, 0.25) is 0 Å². The van der Waals surface area contributed by atoms with Crippen LogP contribution in [0.1, 0.15) is 24.2 Å². The molecule has 1 rings (SSSR count). The summed E-state index contributed by atoms with van der Waals surface area (Å²) in [5, 5.41) is 14.5. The normalized spacial score (nSPS) is 10.1. The van der Waals surface area contributed by atoms with Gasteiger partial charge in [-0.15, -0.1) is 0 Å². The molecule has 0 unspecified atom stereocenters.